The molecule has 0 saturated carbocycles. The monoisotopic (exact) mass is 254 g/mol. The highest BCUT2D eigenvalue weighted by Crippen LogP contribution is 2.07. The van der Waals surface area contributed by atoms with Gasteiger partial charge in [0.25, 0.3) is 0 Å². The third-order valence-electron chi connectivity index (χ3n) is 2.14. The number of amides is 4. The Morgan fingerprint density at radius 2 is 1.28 bits per heavy atom. The minimum absolute atomic E-state index is 0.331. The molecule has 4 amide bonds. The maximum Gasteiger partial charge on any atom is 0.343 e. The highest BCUT2D eigenvalue weighted by Gasteiger charge is 2.26. The van der Waals surface area contributed by atoms with Crippen molar-refractivity contribution in [3.05, 3.63) is 0 Å². The SMILES string of the molecule is CCNC(=O)N1N=C(C)N(C(=O)NCC)N=C1C. The van der Waals surface area contributed by atoms with Gasteiger partial charge < -0.3 is 10.6 Å². The lowest BCUT2D eigenvalue weighted by Crippen LogP contribution is -2.48. The highest BCUT2D eigenvalue weighted by molar-refractivity contribution is 6.04. The number of urea groups is 2. The van der Waals surface area contributed by atoms with Crippen LogP contribution in [-0.4, -0.2) is 46.8 Å². The van der Waals surface area contributed by atoms with E-state index in [1.165, 1.54) is 0 Å². The van der Waals surface area contributed by atoms with Crippen LogP contribution in [0, 0.1) is 0 Å². The lowest BCUT2D eigenvalue weighted by Gasteiger charge is -2.27. The average molecular weight is 254 g/mol. The summed E-state index contributed by atoms with van der Waals surface area (Å²) in [5.41, 5.74) is 0. The lowest BCUT2D eigenvalue weighted by molar-refractivity contribution is 0.210. The molecule has 2 N–H and O–H groups in total. The van der Waals surface area contributed by atoms with Gasteiger partial charge in [-0.2, -0.15) is 10.0 Å². The molecule has 0 unspecified atom stereocenters. The van der Waals surface area contributed by atoms with Gasteiger partial charge in [-0.25, -0.2) is 9.59 Å². The van der Waals surface area contributed by atoms with E-state index in [4.69, 9.17) is 0 Å². The van der Waals surface area contributed by atoms with Gasteiger partial charge in [0, 0.05) is 13.1 Å². The second-order valence-electron chi connectivity index (χ2n) is 3.59. The van der Waals surface area contributed by atoms with E-state index in [1.807, 2.05) is 13.8 Å². The normalized spacial score (nSPS) is 14.9. The summed E-state index contributed by atoms with van der Waals surface area (Å²) in [6.45, 7) is 7.83. The number of hydrogen-bond acceptors (Lipinski definition) is 4. The van der Waals surface area contributed by atoms with E-state index >= 15 is 0 Å². The lowest BCUT2D eigenvalue weighted by atomic mass is 10.5. The van der Waals surface area contributed by atoms with Crippen molar-refractivity contribution in [2.75, 3.05) is 13.1 Å². The smallest absolute Gasteiger partial charge is 0.336 e. The van der Waals surface area contributed by atoms with Gasteiger partial charge in [-0.05, 0) is 27.7 Å². The molecule has 0 spiro atoms. The molecular formula is C10H18N6O2. The highest BCUT2D eigenvalue weighted by atomic mass is 16.2. The number of rotatable bonds is 2. The van der Waals surface area contributed by atoms with Gasteiger partial charge in [-0.3, -0.25) is 0 Å². The molecule has 0 aromatic carbocycles. The summed E-state index contributed by atoms with van der Waals surface area (Å²) < 4.78 is 0. The van der Waals surface area contributed by atoms with Gasteiger partial charge in [-0.1, -0.05) is 0 Å². The zero-order valence-electron chi connectivity index (χ0n) is 11.0. The third-order valence-corrected chi connectivity index (χ3v) is 2.14. The molecule has 0 aliphatic carbocycles. The van der Waals surface area contributed by atoms with Gasteiger partial charge in [0.2, 0.25) is 0 Å². The summed E-state index contributed by atoms with van der Waals surface area (Å²) in [6, 6.07) is -0.734. The molecule has 0 saturated heterocycles. The summed E-state index contributed by atoms with van der Waals surface area (Å²) in [5.74, 6) is 0.663. The maximum absolute atomic E-state index is 11.7. The molecule has 18 heavy (non-hydrogen) atoms. The first-order valence-corrected chi connectivity index (χ1v) is 5.77. The van der Waals surface area contributed by atoms with Crippen LogP contribution >= 0.6 is 0 Å². The van der Waals surface area contributed by atoms with Crippen molar-refractivity contribution in [2.24, 2.45) is 10.2 Å². The molecule has 1 rings (SSSR count). The fourth-order valence-corrected chi connectivity index (χ4v) is 1.36. The summed E-state index contributed by atoms with van der Waals surface area (Å²) in [5, 5.41) is 15.6. The van der Waals surface area contributed by atoms with E-state index in [0.717, 1.165) is 10.0 Å². The van der Waals surface area contributed by atoms with Crippen molar-refractivity contribution in [1.29, 1.82) is 0 Å². The number of carbonyl (C=O) groups is 2. The number of hydrazone groups is 2. The second kappa shape index (κ2) is 5.99. The molecule has 1 aliphatic rings. The molecule has 0 atom stereocenters. The Labute approximate surface area is 106 Å². The number of amidine groups is 2. The van der Waals surface area contributed by atoms with Crippen LogP contribution in [0.25, 0.3) is 0 Å². The first kappa shape index (κ1) is 13.9. The van der Waals surface area contributed by atoms with Crippen LogP contribution in [0.1, 0.15) is 27.7 Å². The number of nitrogens with one attached hydrogen (secondary N) is 2. The summed E-state index contributed by atoms with van der Waals surface area (Å²) in [6.07, 6.45) is 0. The molecule has 1 aliphatic heterocycles. The molecule has 0 bridgehead atoms. The largest absolute Gasteiger partial charge is 0.343 e. The van der Waals surface area contributed by atoms with E-state index in [1.54, 1.807) is 13.8 Å². The number of carbonyl (C=O) groups excluding carboxylic acids is 2. The van der Waals surface area contributed by atoms with Crippen LogP contribution in [0.4, 0.5) is 9.59 Å². The van der Waals surface area contributed by atoms with E-state index in [0.29, 0.717) is 24.8 Å². The zero-order valence-corrected chi connectivity index (χ0v) is 11.0. The van der Waals surface area contributed by atoms with E-state index in [9.17, 15) is 9.59 Å². The maximum atomic E-state index is 11.7. The van der Waals surface area contributed by atoms with Gasteiger partial charge in [0.15, 0.2) is 11.7 Å². The molecule has 100 valence electrons. The fourth-order valence-electron chi connectivity index (χ4n) is 1.36. The first-order valence-electron chi connectivity index (χ1n) is 5.77. The number of hydrogen-bond donors (Lipinski definition) is 2. The summed E-state index contributed by atoms with van der Waals surface area (Å²) in [7, 11) is 0. The van der Waals surface area contributed by atoms with Crippen molar-refractivity contribution >= 4 is 23.7 Å². The van der Waals surface area contributed by atoms with Crippen molar-refractivity contribution in [3.63, 3.8) is 0 Å². The topological polar surface area (TPSA) is 89.4 Å². The predicted molar refractivity (Wildman–Crippen MR) is 68.0 cm³/mol. The van der Waals surface area contributed by atoms with Crippen LogP contribution in [-0.2, 0) is 0 Å². The fraction of sp³-hybridized carbons (Fsp3) is 0.600. The Morgan fingerprint density at radius 3 is 1.56 bits per heavy atom. The average Bonchev–Trinajstić information content (AvgIpc) is 2.32. The first-order chi connectivity index (χ1) is 8.51. The Bertz CT molecular complexity index is 365. The van der Waals surface area contributed by atoms with Gasteiger partial charge in [0.1, 0.15) is 0 Å². The summed E-state index contributed by atoms with van der Waals surface area (Å²) >= 11 is 0. The standard InChI is InChI=1S/C10H18N6O2/c1-5-11-9(17)15-7(3)14-16(8(4)13-15)10(18)12-6-2/h5-6H2,1-4H3,(H,11,17)(H,12,18). The Morgan fingerprint density at radius 1 is 0.944 bits per heavy atom. The van der Waals surface area contributed by atoms with Crippen LogP contribution in [0.5, 0.6) is 0 Å². The third kappa shape index (κ3) is 2.96. The minimum atomic E-state index is -0.367. The quantitative estimate of drug-likeness (QED) is 0.760. The number of nitrogens with zero attached hydrogens (tertiary/aromatic N) is 4. The molecule has 0 radical (unpaired) electrons. The second-order valence-corrected chi connectivity index (χ2v) is 3.59. The Kier molecular flexibility index (Phi) is 4.64. The van der Waals surface area contributed by atoms with Gasteiger partial charge in [0.05, 0.1) is 0 Å². The van der Waals surface area contributed by atoms with Crippen molar-refractivity contribution in [2.45, 2.75) is 27.7 Å². The van der Waals surface area contributed by atoms with Crippen LogP contribution in [0.3, 0.4) is 0 Å². The van der Waals surface area contributed by atoms with Gasteiger partial charge >= 0.3 is 12.1 Å². The van der Waals surface area contributed by atoms with E-state index in [-0.39, 0.29) is 12.1 Å². The predicted octanol–water partition coefficient (Wildman–Crippen LogP) is 0.730. The molecule has 8 nitrogen and oxygen atoms in total. The molecule has 1 heterocycles. The Balaban J connectivity index is 2.86. The molecule has 8 heteroatoms. The van der Waals surface area contributed by atoms with Crippen LogP contribution < -0.4 is 10.6 Å². The van der Waals surface area contributed by atoms with E-state index in [2.05, 4.69) is 20.8 Å². The van der Waals surface area contributed by atoms with Crippen molar-refractivity contribution in [3.8, 4) is 0 Å². The molecule has 0 aromatic rings. The summed E-state index contributed by atoms with van der Waals surface area (Å²) in [4.78, 5) is 23.3. The zero-order chi connectivity index (χ0) is 13.7. The van der Waals surface area contributed by atoms with Crippen molar-refractivity contribution in [1.82, 2.24) is 20.7 Å². The van der Waals surface area contributed by atoms with Crippen LogP contribution in [0.15, 0.2) is 10.2 Å². The minimum Gasteiger partial charge on any atom is -0.336 e. The Hall–Kier alpha value is -2.12. The van der Waals surface area contributed by atoms with Gasteiger partial charge in [-0.15, -0.1) is 10.2 Å². The van der Waals surface area contributed by atoms with Crippen molar-refractivity contribution < 1.29 is 9.59 Å². The van der Waals surface area contributed by atoms with Crippen LogP contribution in [0.2, 0.25) is 0 Å². The van der Waals surface area contributed by atoms with E-state index < -0.39 is 0 Å². The molecule has 0 fully saturated rings. The molecule has 0 aromatic heterocycles. The molecular weight excluding hydrogens is 236 g/mol.